The number of amides is 2. The van der Waals surface area contributed by atoms with Crippen LogP contribution in [0.2, 0.25) is 0 Å². The number of phenolic OH excluding ortho intramolecular Hbond substituents is 1. The summed E-state index contributed by atoms with van der Waals surface area (Å²) in [5, 5.41) is 12.1. The summed E-state index contributed by atoms with van der Waals surface area (Å²) in [5.74, 6) is 0.0404. The second-order valence-electron chi connectivity index (χ2n) is 7.31. The molecule has 1 atom stereocenters. The second-order valence-corrected chi connectivity index (χ2v) is 7.31. The van der Waals surface area contributed by atoms with E-state index >= 15 is 0 Å². The molecule has 30 heavy (non-hydrogen) atoms. The van der Waals surface area contributed by atoms with Gasteiger partial charge < -0.3 is 15.2 Å². The SMILES string of the molecule is CCCC(=O)c1ccc2c(c1)N(CC(=O)NCCc1ccc(O)cc1)C(=O)C(C)O2. The van der Waals surface area contributed by atoms with Crippen molar-refractivity contribution in [2.75, 3.05) is 18.0 Å². The number of aromatic hydroxyl groups is 1. The molecular formula is C23H26N2O5. The number of phenols is 1. The van der Waals surface area contributed by atoms with Crippen molar-refractivity contribution in [2.24, 2.45) is 0 Å². The monoisotopic (exact) mass is 410 g/mol. The number of rotatable bonds is 8. The summed E-state index contributed by atoms with van der Waals surface area (Å²) >= 11 is 0. The van der Waals surface area contributed by atoms with Crippen molar-refractivity contribution in [2.45, 2.75) is 39.2 Å². The molecule has 7 heteroatoms. The predicted octanol–water partition coefficient (Wildman–Crippen LogP) is 2.85. The van der Waals surface area contributed by atoms with Crippen LogP contribution in [0.1, 0.15) is 42.6 Å². The number of nitrogens with one attached hydrogen (secondary N) is 1. The number of carbonyl (C=O) groups excluding carboxylic acids is 3. The third kappa shape index (κ3) is 4.97. The fourth-order valence-electron chi connectivity index (χ4n) is 3.32. The van der Waals surface area contributed by atoms with Gasteiger partial charge in [-0.25, -0.2) is 0 Å². The first-order valence-corrected chi connectivity index (χ1v) is 10.1. The Hall–Kier alpha value is -3.35. The molecule has 2 amide bonds. The maximum Gasteiger partial charge on any atom is 0.268 e. The van der Waals surface area contributed by atoms with Crippen molar-refractivity contribution < 1.29 is 24.2 Å². The van der Waals surface area contributed by atoms with Gasteiger partial charge in [-0.2, -0.15) is 0 Å². The van der Waals surface area contributed by atoms with Gasteiger partial charge in [-0.3, -0.25) is 19.3 Å². The molecule has 1 aliphatic heterocycles. The smallest absolute Gasteiger partial charge is 0.268 e. The van der Waals surface area contributed by atoms with Crippen LogP contribution in [0, 0.1) is 0 Å². The Bertz CT molecular complexity index is 939. The van der Waals surface area contributed by atoms with Crippen LogP contribution in [0.3, 0.4) is 0 Å². The molecule has 0 spiro atoms. The van der Waals surface area contributed by atoms with Crippen LogP contribution in [0.4, 0.5) is 5.69 Å². The Kier molecular flexibility index (Phi) is 6.72. The molecule has 158 valence electrons. The fraction of sp³-hybridized carbons (Fsp3) is 0.348. The fourth-order valence-corrected chi connectivity index (χ4v) is 3.32. The summed E-state index contributed by atoms with van der Waals surface area (Å²) in [4.78, 5) is 38.8. The van der Waals surface area contributed by atoms with E-state index in [2.05, 4.69) is 5.32 Å². The number of Topliss-reactive ketones (excluding diaryl/α,β-unsaturated/α-hetero) is 1. The first-order valence-electron chi connectivity index (χ1n) is 10.1. The molecule has 0 aliphatic carbocycles. The van der Waals surface area contributed by atoms with E-state index in [4.69, 9.17) is 4.74 Å². The van der Waals surface area contributed by atoms with Crippen molar-refractivity contribution in [3.63, 3.8) is 0 Å². The average molecular weight is 410 g/mol. The van der Waals surface area contributed by atoms with E-state index in [9.17, 15) is 19.5 Å². The topological polar surface area (TPSA) is 95.9 Å². The summed E-state index contributed by atoms with van der Waals surface area (Å²) in [6.07, 6.45) is 1.04. The highest BCUT2D eigenvalue weighted by molar-refractivity contribution is 6.05. The highest BCUT2D eigenvalue weighted by Gasteiger charge is 2.33. The lowest BCUT2D eigenvalue weighted by Crippen LogP contribution is -2.49. The molecule has 0 aromatic heterocycles. The van der Waals surface area contributed by atoms with E-state index in [-0.39, 0.29) is 29.9 Å². The summed E-state index contributed by atoms with van der Waals surface area (Å²) < 4.78 is 5.64. The Morgan fingerprint density at radius 3 is 2.60 bits per heavy atom. The first kappa shape index (κ1) is 21.4. The normalized spacial score (nSPS) is 15.3. The molecule has 2 N–H and O–H groups in total. The number of ether oxygens (including phenoxy) is 1. The van der Waals surface area contributed by atoms with Crippen LogP contribution in [0.15, 0.2) is 42.5 Å². The lowest BCUT2D eigenvalue weighted by Gasteiger charge is -2.32. The number of hydrogen-bond donors (Lipinski definition) is 2. The van der Waals surface area contributed by atoms with Crippen LogP contribution < -0.4 is 15.0 Å². The molecule has 0 fully saturated rings. The Labute approximate surface area is 175 Å². The minimum Gasteiger partial charge on any atom is -0.508 e. The standard InChI is InChI=1S/C23H26N2O5/c1-3-4-20(27)17-7-10-21-19(13-17)25(23(29)15(2)30-21)14-22(28)24-12-11-16-5-8-18(26)9-6-16/h5-10,13,15,26H,3-4,11-12,14H2,1-2H3,(H,24,28). The van der Waals surface area contributed by atoms with E-state index in [1.54, 1.807) is 49.4 Å². The van der Waals surface area contributed by atoms with Crippen LogP contribution >= 0.6 is 0 Å². The molecular weight excluding hydrogens is 384 g/mol. The summed E-state index contributed by atoms with van der Waals surface area (Å²) in [7, 11) is 0. The number of anilines is 1. The van der Waals surface area contributed by atoms with Gasteiger partial charge in [0.1, 0.15) is 18.0 Å². The molecule has 0 saturated carbocycles. The quantitative estimate of drug-likeness (QED) is 0.653. The van der Waals surface area contributed by atoms with Crippen molar-refractivity contribution in [1.82, 2.24) is 5.32 Å². The molecule has 1 aliphatic rings. The molecule has 0 saturated heterocycles. The maximum absolute atomic E-state index is 12.7. The van der Waals surface area contributed by atoms with Gasteiger partial charge in [0.2, 0.25) is 5.91 Å². The molecule has 2 aromatic rings. The van der Waals surface area contributed by atoms with Gasteiger partial charge in [-0.15, -0.1) is 0 Å². The Balaban J connectivity index is 1.68. The first-order chi connectivity index (χ1) is 14.4. The summed E-state index contributed by atoms with van der Waals surface area (Å²) in [6.45, 7) is 3.82. The van der Waals surface area contributed by atoms with Gasteiger partial charge >= 0.3 is 0 Å². The molecule has 7 nitrogen and oxygen atoms in total. The van der Waals surface area contributed by atoms with Crippen LogP contribution in [-0.2, 0) is 16.0 Å². The van der Waals surface area contributed by atoms with Gasteiger partial charge in [0, 0.05) is 18.5 Å². The van der Waals surface area contributed by atoms with Crippen molar-refractivity contribution in [3.8, 4) is 11.5 Å². The summed E-state index contributed by atoms with van der Waals surface area (Å²) in [6, 6.07) is 11.8. The van der Waals surface area contributed by atoms with Gasteiger partial charge in [-0.1, -0.05) is 19.1 Å². The zero-order valence-electron chi connectivity index (χ0n) is 17.2. The van der Waals surface area contributed by atoms with Gasteiger partial charge in [-0.05, 0) is 55.7 Å². The van der Waals surface area contributed by atoms with E-state index in [0.717, 1.165) is 12.0 Å². The lowest BCUT2D eigenvalue weighted by atomic mass is 10.0. The van der Waals surface area contributed by atoms with Crippen molar-refractivity contribution in [1.29, 1.82) is 0 Å². The number of hydrogen-bond acceptors (Lipinski definition) is 5. The third-order valence-corrected chi connectivity index (χ3v) is 4.94. The van der Waals surface area contributed by atoms with E-state index in [1.165, 1.54) is 4.90 Å². The Morgan fingerprint density at radius 1 is 1.17 bits per heavy atom. The molecule has 0 radical (unpaired) electrons. The molecule has 0 bridgehead atoms. The molecule has 1 heterocycles. The number of carbonyl (C=O) groups is 3. The van der Waals surface area contributed by atoms with Gasteiger partial charge in [0.15, 0.2) is 11.9 Å². The predicted molar refractivity (Wildman–Crippen MR) is 113 cm³/mol. The number of nitrogens with zero attached hydrogens (tertiary/aromatic N) is 1. The highest BCUT2D eigenvalue weighted by atomic mass is 16.5. The average Bonchev–Trinajstić information content (AvgIpc) is 2.73. The molecule has 1 unspecified atom stereocenters. The van der Waals surface area contributed by atoms with Crippen LogP contribution in [-0.4, -0.2) is 41.9 Å². The number of ketones is 1. The molecule has 2 aromatic carbocycles. The van der Waals surface area contributed by atoms with Gasteiger partial charge in [0.25, 0.3) is 5.91 Å². The molecule has 3 rings (SSSR count). The Morgan fingerprint density at radius 2 is 1.90 bits per heavy atom. The minimum absolute atomic E-state index is 0.00956. The van der Waals surface area contributed by atoms with Crippen molar-refractivity contribution >= 4 is 23.3 Å². The third-order valence-electron chi connectivity index (χ3n) is 4.94. The maximum atomic E-state index is 12.7. The van der Waals surface area contributed by atoms with E-state index < -0.39 is 6.10 Å². The largest absolute Gasteiger partial charge is 0.508 e. The zero-order chi connectivity index (χ0) is 21.7. The number of benzene rings is 2. The van der Waals surface area contributed by atoms with E-state index in [1.807, 2.05) is 6.92 Å². The number of fused-ring (bicyclic) bond motifs is 1. The highest BCUT2D eigenvalue weighted by Crippen LogP contribution is 2.35. The van der Waals surface area contributed by atoms with Crippen LogP contribution in [0.5, 0.6) is 11.5 Å². The lowest BCUT2D eigenvalue weighted by molar-refractivity contribution is -0.128. The summed E-state index contributed by atoms with van der Waals surface area (Å²) in [5.41, 5.74) is 1.92. The van der Waals surface area contributed by atoms with E-state index in [0.29, 0.717) is 36.4 Å². The van der Waals surface area contributed by atoms with Crippen molar-refractivity contribution in [3.05, 3.63) is 53.6 Å². The minimum atomic E-state index is -0.709. The van der Waals surface area contributed by atoms with Gasteiger partial charge in [0.05, 0.1) is 5.69 Å². The second kappa shape index (κ2) is 9.43. The van der Waals surface area contributed by atoms with Crippen LogP contribution in [0.25, 0.3) is 0 Å². The zero-order valence-corrected chi connectivity index (χ0v) is 17.2.